The average molecular weight is 649 g/mol. The first-order chi connectivity index (χ1) is 17.5. The zero-order chi connectivity index (χ0) is 28.5. The lowest BCUT2D eigenvalue weighted by Crippen LogP contribution is -2.17. The third kappa shape index (κ3) is 7.27. The van der Waals surface area contributed by atoms with E-state index in [9.17, 15) is 34.8 Å². The molecule has 0 saturated heterocycles. The van der Waals surface area contributed by atoms with Gasteiger partial charge in [-0.3, -0.25) is 9.52 Å². The van der Waals surface area contributed by atoms with Crippen LogP contribution < -0.4 is 4.72 Å². The molecule has 0 aliphatic heterocycles. The lowest BCUT2D eigenvalue weighted by molar-refractivity contribution is -0.138. The van der Waals surface area contributed by atoms with Crippen LogP contribution in [0.4, 0.5) is 18.9 Å². The number of alkyl halides is 3. The van der Waals surface area contributed by atoms with Crippen molar-refractivity contribution >= 4 is 78.1 Å². The number of anilines is 1. The second-order valence-electron chi connectivity index (χ2n) is 7.43. The maximum atomic E-state index is 12.9. The number of ether oxygens (including phenoxy) is 1. The molecule has 0 amide bonds. The van der Waals surface area contributed by atoms with Gasteiger partial charge in [0.05, 0.1) is 38.3 Å². The molecule has 3 rings (SSSR count). The van der Waals surface area contributed by atoms with Crippen molar-refractivity contribution in [2.75, 3.05) is 17.6 Å². The van der Waals surface area contributed by atoms with Crippen LogP contribution in [-0.4, -0.2) is 35.7 Å². The molecule has 0 unspecified atom stereocenters. The van der Waals surface area contributed by atoms with Crippen molar-refractivity contribution in [2.45, 2.75) is 25.8 Å². The molecular weight excluding hydrogens is 634 g/mol. The number of carbonyl (C=O) groups excluding carboxylic acids is 1. The number of sulfonamides is 1. The summed E-state index contributed by atoms with van der Waals surface area (Å²) in [7, 11) is -7.23. The Morgan fingerprint density at radius 1 is 0.921 bits per heavy atom. The maximum absolute atomic E-state index is 12.9. The Balaban J connectivity index is 1.81. The van der Waals surface area contributed by atoms with E-state index in [1.165, 1.54) is 36.4 Å². The minimum absolute atomic E-state index is 0.0288. The Kier molecular flexibility index (Phi) is 9.21. The molecule has 3 aromatic rings. The van der Waals surface area contributed by atoms with Gasteiger partial charge >= 0.3 is 12.1 Å². The highest BCUT2D eigenvalue weighted by atomic mass is 35.5. The molecule has 204 valence electrons. The molecule has 0 heterocycles. The van der Waals surface area contributed by atoms with Crippen LogP contribution in [0.15, 0.2) is 74.2 Å². The van der Waals surface area contributed by atoms with Crippen molar-refractivity contribution in [1.29, 1.82) is 0 Å². The topological polar surface area (TPSA) is 107 Å². The quantitative estimate of drug-likeness (QED) is 0.276. The van der Waals surface area contributed by atoms with E-state index < -0.39 is 53.2 Å². The highest BCUT2D eigenvalue weighted by molar-refractivity contribution is 7.99. The normalized spacial score (nSPS) is 12.3. The SMILES string of the molecule is COC(=O)CS(=O)(=O)c1ccc(Sc2c(Cl)cc(NS(=O)(=O)c3ccc(C(F)(F)F)cc3Cl)cc2Cl)cc1. The summed E-state index contributed by atoms with van der Waals surface area (Å²) in [6, 6.07) is 9.80. The summed E-state index contributed by atoms with van der Waals surface area (Å²) in [5.74, 6) is -1.72. The van der Waals surface area contributed by atoms with E-state index in [-0.39, 0.29) is 20.6 Å². The third-order valence-electron chi connectivity index (χ3n) is 4.74. The van der Waals surface area contributed by atoms with Crippen LogP contribution in [0.5, 0.6) is 0 Å². The van der Waals surface area contributed by atoms with Gasteiger partial charge in [-0.2, -0.15) is 13.2 Å². The molecule has 16 heteroatoms. The Morgan fingerprint density at radius 2 is 1.50 bits per heavy atom. The molecule has 0 saturated carbocycles. The van der Waals surface area contributed by atoms with Crippen LogP contribution in [0, 0.1) is 0 Å². The fraction of sp³-hybridized carbons (Fsp3) is 0.136. The molecule has 3 aromatic carbocycles. The molecule has 7 nitrogen and oxygen atoms in total. The van der Waals surface area contributed by atoms with Crippen LogP contribution in [-0.2, 0) is 35.6 Å². The van der Waals surface area contributed by atoms with Gasteiger partial charge in [-0.1, -0.05) is 46.6 Å². The Hall–Kier alpha value is -2.16. The third-order valence-corrected chi connectivity index (χ3v) is 10.2. The molecule has 0 aromatic heterocycles. The summed E-state index contributed by atoms with van der Waals surface area (Å²) < 4.78 is 95.1. The number of methoxy groups -OCH3 is 1. The van der Waals surface area contributed by atoms with Crippen molar-refractivity contribution in [2.24, 2.45) is 0 Å². The van der Waals surface area contributed by atoms with Crippen LogP contribution in [0.25, 0.3) is 0 Å². The molecule has 0 spiro atoms. The first kappa shape index (κ1) is 30.4. The Labute approximate surface area is 235 Å². The van der Waals surface area contributed by atoms with Crippen molar-refractivity contribution < 1.29 is 39.5 Å². The van der Waals surface area contributed by atoms with Crippen molar-refractivity contribution in [3.8, 4) is 0 Å². The summed E-state index contributed by atoms with van der Waals surface area (Å²) >= 11 is 19.5. The number of benzene rings is 3. The molecule has 0 fully saturated rings. The fourth-order valence-electron chi connectivity index (χ4n) is 2.95. The van der Waals surface area contributed by atoms with E-state index in [1.807, 2.05) is 0 Å². The Morgan fingerprint density at radius 3 is 2.00 bits per heavy atom. The molecular formula is C22H15Cl3F3NO6S3. The van der Waals surface area contributed by atoms with Crippen LogP contribution in [0.2, 0.25) is 15.1 Å². The standard InChI is InChI=1S/C22H15Cl3F3NO6S3/c1-35-20(30)11-37(31,32)15-5-3-14(4-6-15)36-21-17(24)9-13(10-18(21)25)29-38(33,34)19-7-2-12(8-16(19)23)22(26,27)28/h2-10,29H,11H2,1H3. The number of esters is 1. The van der Waals surface area contributed by atoms with Gasteiger partial charge in [0.15, 0.2) is 15.6 Å². The molecule has 0 atom stereocenters. The molecule has 1 N–H and O–H groups in total. The predicted molar refractivity (Wildman–Crippen MR) is 138 cm³/mol. The van der Waals surface area contributed by atoms with Crippen LogP contribution in [0.1, 0.15) is 5.56 Å². The maximum Gasteiger partial charge on any atom is 0.416 e. The Bertz CT molecular complexity index is 1570. The monoisotopic (exact) mass is 647 g/mol. The number of hydrogen-bond donors (Lipinski definition) is 1. The van der Waals surface area contributed by atoms with E-state index >= 15 is 0 Å². The zero-order valence-corrected chi connectivity index (χ0v) is 23.6. The van der Waals surface area contributed by atoms with E-state index in [0.717, 1.165) is 24.9 Å². The highest BCUT2D eigenvalue weighted by Crippen LogP contribution is 2.41. The largest absolute Gasteiger partial charge is 0.468 e. The van der Waals surface area contributed by atoms with E-state index in [2.05, 4.69) is 9.46 Å². The van der Waals surface area contributed by atoms with E-state index in [0.29, 0.717) is 21.9 Å². The van der Waals surface area contributed by atoms with E-state index in [4.69, 9.17) is 34.8 Å². The fourth-order valence-corrected chi connectivity index (χ4v) is 7.22. The van der Waals surface area contributed by atoms with Crippen molar-refractivity contribution in [3.05, 3.63) is 75.2 Å². The number of sulfone groups is 1. The minimum Gasteiger partial charge on any atom is -0.468 e. The van der Waals surface area contributed by atoms with Gasteiger partial charge in [-0.25, -0.2) is 16.8 Å². The van der Waals surface area contributed by atoms with Gasteiger partial charge in [0.25, 0.3) is 10.0 Å². The summed E-state index contributed by atoms with van der Waals surface area (Å²) in [6.07, 6.45) is -4.70. The first-order valence-corrected chi connectivity index (χ1v) is 15.1. The number of nitrogens with one attached hydrogen (secondary N) is 1. The lowest BCUT2D eigenvalue weighted by Gasteiger charge is -2.14. The van der Waals surface area contributed by atoms with Gasteiger partial charge in [0.2, 0.25) is 0 Å². The number of rotatable bonds is 8. The van der Waals surface area contributed by atoms with Gasteiger partial charge in [-0.05, 0) is 54.6 Å². The van der Waals surface area contributed by atoms with Gasteiger partial charge in [0.1, 0.15) is 4.90 Å². The average Bonchev–Trinajstić information content (AvgIpc) is 2.80. The van der Waals surface area contributed by atoms with Crippen molar-refractivity contribution in [3.63, 3.8) is 0 Å². The predicted octanol–water partition coefficient (Wildman–Crippen LogP) is 6.56. The summed E-state index contributed by atoms with van der Waals surface area (Å²) in [4.78, 5) is 11.5. The molecule has 0 aliphatic rings. The smallest absolute Gasteiger partial charge is 0.416 e. The lowest BCUT2D eigenvalue weighted by atomic mass is 10.2. The van der Waals surface area contributed by atoms with Crippen LogP contribution in [0.3, 0.4) is 0 Å². The molecule has 0 bridgehead atoms. The summed E-state index contributed by atoms with van der Waals surface area (Å²) in [5, 5.41) is -0.573. The summed E-state index contributed by atoms with van der Waals surface area (Å²) in [5.41, 5.74) is -1.19. The molecule has 0 aliphatic carbocycles. The van der Waals surface area contributed by atoms with Crippen molar-refractivity contribution in [1.82, 2.24) is 0 Å². The second kappa shape index (κ2) is 11.5. The number of halogens is 6. The summed E-state index contributed by atoms with van der Waals surface area (Å²) in [6.45, 7) is 0. The van der Waals surface area contributed by atoms with Crippen LogP contribution >= 0.6 is 46.6 Å². The second-order valence-corrected chi connectivity index (χ2v) is 13.4. The van der Waals surface area contributed by atoms with Gasteiger partial charge in [-0.15, -0.1) is 0 Å². The molecule has 38 heavy (non-hydrogen) atoms. The van der Waals surface area contributed by atoms with E-state index in [1.54, 1.807) is 0 Å². The van der Waals surface area contributed by atoms with Gasteiger partial charge < -0.3 is 4.74 Å². The number of hydrogen-bond acceptors (Lipinski definition) is 7. The minimum atomic E-state index is -4.70. The first-order valence-electron chi connectivity index (χ1n) is 9.99. The number of carbonyl (C=O) groups is 1. The molecule has 0 radical (unpaired) electrons. The zero-order valence-electron chi connectivity index (χ0n) is 18.8. The van der Waals surface area contributed by atoms with Gasteiger partial charge in [0, 0.05) is 9.79 Å². The highest BCUT2D eigenvalue weighted by Gasteiger charge is 2.32.